The predicted octanol–water partition coefficient (Wildman–Crippen LogP) is 1.64. The minimum Gasteiger partial charge on any atom is -0.271 e. The van der Waals surface area contributed by atoms with Gasteiger partial charge in [0.15, 0.2) is 5.15 Å². The van der Waals surface area contributed by atoms with Crippen LogP contribution in [0.5, 0.6) is 0 Å². The molecule has 1 aromatic heterocycles. The van der Waals surface area contributed by atoms with E-state index in [4.69, 9.17) is 11.6 Å². The molecule has 2 nitrogen and oxygen atoms in total. The number of hydrogen-bond donors (Lipinski definition) is 0. The monoisotopic (exact) mass is 144 g/mol. The lowest BCUT2D eigenvalue weighted by atomic mass is 10.3. The van der Waals surface area contributed by atoms with Crippen molar-refractivity contribution >= 4 is 11.6 Å². The number of aromatic nitrogens is 2. The van der Waals surface area contributed by atoms with E-state index in [1.807, 2.05) is 13.1 Å². The Morgan fingerprint density at radius 3 is 2.67 bits per heavy atom. The third-order valence-corrected chi connectivity index (χ3v) is 1.49. The summed E-state index contributed by atoms with van der Waals surface area (Å²) in [6, 6.07) is 1.88. The molecule has 0 bridgehead atoms. The van der Waals surface area contributed by atoms with Crippen molar-refractivity contribution in [2.45, 2.75) is 13.3 Å². The van der Waals surface area contributed by atoms with Gasteiger partial charge in [0.2, 0.25) is 0 Å². The third kappa shape index (κ3) is 1.24. The molecule has 0 amide bonds. The summed E-state index contributed by atoms with van der Waals surface area (Å²) in [5.41, 5.74) is 1.17. The molecule has 0 saturated heterocycles. The van der Waals surface area contributed by atoms with Gasteiger partial charge in [-0.05, 0) is 12.5 Å². The van der Waals surface area contributed by atoms with Crippen molar-refractivity contribution in [3.05, 3.63) is 16.9 Å². The molecule has 0 aliphatic rings. The van der Waals surface area contributed by atoms with E-state index in [0.717, 1.165) is 6.42 Å². The highest BCUT2D eigenvalue weighted by atomic mass is 35.5. The standard InChI is InChI=1S/C6H9ClN2/c1-3-5-4-6(7)8-9(5)2/h4H,3H2,1-2H3. The lowest BCUT2D eigenvalue weighted by molar-refractivity contribution is 0.718. The highest BCUT2D eigenvalue weighted by molar-refractivity contribution is 6.29. The highest BCUT2D eigenvalue weighted by Gasteiger charge is 1.97. The average Bonchev–Trinajstić information content (AvgIpc) is 2.10. The molecule has 9 heavy (non-hydrogen) atoms. The van der Waals surface area contributed by atoms with E-state index in [1.54, 1.807) is 4.68 Å². The lowest BCUT2D eigenvalue weighted by Gasteiger charge is -1.92. The van der Waals surface area contributed by atoms with Gasteiger partial charge < -0.3 is 0 Å². The zero-order chi connectivity index (χ0) is 6.85. The summed E-state index contributed by atoms with van der Waals surface area (Å²) in [7, 11) is 1.89. The van der Waals surface area contributed by atoms with Crippen LogP contribution in [0, 0.1) is 0 Å². The minimum atomic E-state index is 0.578. The van der Waals surface area contributed by atoms with Crippen LogP contribution in [0.15, 0.2) is 6.07 Å². The Labute approximate surface area is 59.4 Å². The number of nitrogens with zero attached hydrogens (tertiary/aromatic N) is 2. The van der Waals surface area contributed by atoms with Crippen LogP contribution in [0.1, 0.15) is 12.6 Å². The van der Waals surface area contributed by atoms with Gasteiger partial charge in [0.05, 0.1) is 0 Å². The van der Waals surface area contributed by atoms with Gasteiger partial charge in [0.25, 0.3) is 0 Å². The SMILES string of the molecule is CCc1cc(Cl)nn1C. The van der Waals surface area contributed by atoms with E-state index in [1.165, 1.54) is 5.69 Å². The number of halogens is 1. The van der Waals surface area contributed by atoms with Gasteiger partial charge in [-0.2, -0.15) is 5.10 Å². The Balaban J connectivity index is 3.01. The lowest BCUT2D eigenvalue weighted by Crippen LogP contribution is -1.95. The Morgan fingerprint density at radius 2 is 2.44 bits per heavy atom. The quantitative estimate of drug-likeness (QED) is 0.586. The van der Waals surface area contributed by atoms with Gasteiger partial charge in [-0.3, -0.25) is 4.68 Å². The second-order valence-electron chi connectivity index (χ2n) is 1.94. The Hall–Kier alpha value is -0.500. The van der Waals surface area contributed by atoms with Crippen molar-refractivity contribution in [3.8, 4) is 0 Å². The van der Waals surface area contributed by atoms with Crippen molar-refractivity contribution in [1.29, 1.82) is 0 Å². The summed E-state index contributed by atoms with van der Waals surface area (Å²) < 4.78 is 1.79. The van der Waals surface area contributed by atoms with E-state index >= 15 is 0 Å². The maximum absolute atomic E-state index is 5.61. The van der Waals surface area contributed by atoms with Crippen LogP contribution in [0.4, 0.5) is 0 Å². The van der Waals surface area contributed by atoms with E-state index in [9.17, 15) is 0 Å². The third-order valence-electron chi connectivity index (χ3n) is 1.31. The number of aryl methyl sites for hydroxylation is 2. The maximum atomic E-state index is 5.61. The van der Waals surface area contributed by atoms with Crippen LogP contribution >= 0.6 is 11.6 Å². The fourth-order valence-electron chi connectivity index (χ4n) is 0.798. The summed E-state index contributed by atoms with van der Waals surface area (Å²) in [4.78, 5) is 0. The van der Waals surface area contributed by atoms with Gasteiger partial charge in [0.1, 0.15) is 0 Å². The molecule has 0 unspecified atom stereocenters. The van der Waals surface area contributed by atoms with E-state index in [0.29, 0.717) is 5.15 Å². The molecule has 0 aromatic carbocycles. The van der Waals surface area contributed by atoms with E-state index in [-0.39, 0.29) is 0 Å². The second-order valence-corrected chi connectivity index (χ2v) is 2.32. The maximum Gasteiger partial charge on any atom is 0.151 e. The normalized spacial score (nSPS) is 10.1. The molecule has 0 N–H and O–H groups in total. The second kappa shape index (κ2) is 2.40. The van der Waals surface area contributed by atoms with Crippen LogP contribution in [0.25, 0.3) is 0 Å². The summed E-state index contributed by atoms with van der Waals surface area (Å²) in [5.74, 6) is 0. The van der Waals surface area contributed by atoms with Gasteiger partial charge in [-0.15, -0.1) is 0 Å². The average molecular weight is 145 g/mol. The van der Waals surface area contributed by atoms with Gasteiger partial charge in [0, 0.05) is 12.7 Å². The first-order valence-corrected chi connectivity index (χ1v) is 3.30. The molecule has 3 heteroatoms. The fourth-order valence-corrected chi connectivity index (χ4v) is 1.04. The van der Waals surface area contributed by atoms with Crippen LogP contribution in [0.2, 0.25) is 5.15 Å². The molecule has 0 aliphatic heterocycles. The smallest absolute Gasteiger partial charge is 0.151 e. The topological polar surface area (TPSA) is 17.8 Å². The fraction of sp³-hybridized carbons (Fsp3) is 0.500. The number of rotatable bonds is 1. The van der Waals surface area contributed by atoms with E-state index in [2.05, 4.69) is 12.0 Å². The molecule has 0 spiro atoms. The molecule has 1 aromatic rings. The van der Waals surface area contributed by atoms with Crippen LogP contribution < -0.4 is 0 Å². The Bertz CT molecular complexity index is 205. The Morgan fingerprint density at radius 1 is 1.78 bits per heavy atom. The molecule has 0 aliphatic carbocycles. The highest BCUT2D eigenvalue weighted by Crippen LogP contribution is 2.07. The summed E-state index contributed by atoms with van der Waals surface area (Å²) >= 11 is 5.61. The molecule has 50 valence electrons. The zero-order valence-electron chi connectivity index (χ0n) is 5.56. The van der Waals surface area contributed by atoms with Gasteiger partial charge >= 0.3 is 0 Å². The summed E-state index contributed by atoms with van der Waals surface area (Å²) in [6.07, 6.45) is 0.982. The van der Waals surface area contributed by atoms with Crippen molar-refractivity contribution < 1.29 is 0 Å². The molecule has 0 fully saturated rings. The van der Waals surface area contributed by atoms with Crippen molar-refractivity contribution in [2.24, 2.45) is 7.05 Å². The minimum absolute atomic E-state index is 0.578. The zero-order valence-corrected chi connectivity index (χ0v) is 6.31. The molecule has 0 radical (unpaired) electrons. The van der Waals surface area contributed by atoms with Crippen molar-refractivity contribution in [2.75, 3.05) is 0 Å². The summed E-state index contributed by atoms with van der Waals surface area (Å²) in [6.45, 7) is 2.08. The van der Waals surface area contributed by atoms with E-state index < -0.39 is 0 Å². The van der Waals surface area contributed by atoms with Crippen molar-refractivity contribution in [1.82, 2.24) is 9.78 Å². The first kappa shape index (κ1) is 6.62. The first-order chi connectivity index (χ1) is 4.24. The largest absolute Gasteiger partial charge is 0.271 e. The Kier molecular flexibility index (Phi) is 1.76. The summed E-state index contributed by atoms with van der Waals surface area (Å²) in [5, 5.41) is 4.54. The number of hydrogen-bond acceptors (Lipinski definition) is 1. The molecule has 0 atom stereocenters. The van der Waals surface area contributed by atoms with Gasteiger partial charge in [-0.1, -0.05) is 18.5 Å². The van der Waals surface area contributed by atoms with Gasteiger partial charge in [-0.25, -0.2) is 0 Å². The predicted molar refractivity (Wildman–Crippen MR) is 37.6 cm³/mol. The molecule has 1 rings (SSSR count). The molecule has 1 heterocycles. The van der Waals surface area contributed by atoms with Crippen LogP contribution in [-0.2, 0) is 13.5 Å². The van der Waals surface area contributed by atoms with Crippen LogP contribution in [0.3, 0.4) is 0 Å². The molecular weight excluding hydrogens is 136 g/mol. The van der Waals surface area contributed by atoms with Crippen molar-refractivity contribution in [3.63, 3.8) is 0 Å². The molecule has 0 saturated carbocycles. The molecular formula is C6H9ClN2. The van der Waals surface area contributed by atoms with Crippen LogP contribution in [-0.4, -0.2) is 9.78 Å². The first-order valence-electron chi connectivity index (χ1n) is 2.92.